The number of para-hydroxylation sites is 1. The van der Waals surface area contributed by atoms with Crippen LogP contribution in [-0.4, -0.2) is 51.4 Å². The van der Waals surface area contributed by atoms with Gasteiger partial charge >= 0.3 is 0 Å². The largest absolute Gasteiger partial charge is 0.494 e. The van der Waals surface area contributed by atoms with Crippen molar-refractivity contribution in [2.75, 3.05) is 18.5 Å². The average molecular weight is 612 g/mol. The summed E-state index contributed by atoms with van der Waals surface area (Å²) in [4.78, 5) is 38.8. The number of nitrogens with one attached hydrogen (secondary N) is 1. The number of amides is 2. The van der Waals surface area contributed by atoms with Gasteiger partial charge in [-0.1, -0.05) is 54.2 Å². The van der Waals surface area contributed by atoms with Crippen LogP contribution in [0.2, 0.25) is 0 Å². The quantitative estimate of drug-likeness (QED) is 0.115. The Morgan fingerprint density at radius 3 is 2.57 bits per heavy atom. The first-order valence-corrected chi connectivity index (χ1v) is 14.8. The summed E-state index contributed by atoms with van der Waals surface area (Å²) in [6.45, 7) is 2.80. The van der Waals surface area contributed by atoms with Crippen LogP contribution in [0, 0.1) is 10.1 Å². The summed E-state index contributed by atoms with van der Waals surface area (Å²) < 4.78 is 11.2. The zero-order valence-electron chi connectivity index (χ0n) is 23.8. The van der Waals surface area contributed by atoms with Crippen molar-refractivity contribution < 1.29 is 23.7 Å². The molecule has 1 saturated heterocycles. The normalized spacial score (nSPS) is 15.7. The van der Waals surface area contributed by atoms with Crippen molar-refractivity contribution in [3.05, 3.63) is 112 Å². The third kappa shape index (κ3) is 7.58. The summed E-state index contributed by atoms with van der Waals surface area (Å²) in [5.41, 5.74) is 1.94. The number of nitrogens with zero attached hydrogens (tertiary/aromatic N) is 4. The molecular formula is C32H29N5O6S. The number of amidine groups is 1. The number of thioether (sulfide) groups is 1. The number of rotatable bonds is 12. The zero-order valence-corrected chi connectivity index (χ0v) is 24.6. The van der Waals surface area contributed by atoms with Crippen molar-refractivity contribution in [3.63, 3.8) is 0 Å². The first-order valence-electron chi connectivity index (χ1n) is 13.9. The predicted molar refractivity (Wildman–Crippen MR) is 170 cm³/mol. The van der Waals surface area contributed by atoms with Crippen LogP contribution in [0.4, 0.5) is 11.4 Å². The first kappa shape index (κ1) is 30.2. The smallest absolute Gasteiger partial charge is 0.280 e. The third-order valence-electron chi connectivity index (χ3n) is 6.63. The minimum absolute atomic E-state index is 0.0430. The highest BCUT2D eigenvalue weighted by molar-refractivity contribution is 8.15. The maximum Gasteiger partial charge on any atom is 0.280 e. The van der Waals surface area contributed by atoms with Crippen LogP contribution in [0.3, 0.4) is 0 Å². The standard InChI is InChI=1S/C32H29N5O6S/c1-2-42-24-14-12-23(13-15-24)34-30(38)20-29-31(39)36(19-18-22-8-4-3-5-9-22)32(44-29)35-33-21-25-16-17-28(43-25)26-10-6-7-11-27(26)37(40)41/h3-17,21,29H,2,18-20H2,1H3,(H,34,38)/b33-21+,35-32-. The molecule has 11 nitrogen and oxygen atoms in total. The Morgan fingerprint density at radius 2 is 1.82 bits per heavy atom. The van der Waals surface area contributed by atoms with E-state index in [-0.39, 0.29) is 23.9 Å². The van der Waals surface area contributed by atoms with E-state index >= 15 is 0 Å². The van der Waals surface area contributed by atoms with Gasteiger partial charge in [0, 0.05) is 24.7 Å². The SMILES string of the molecule is CCOc1ccc(NC(=O)CC2S/C(=N\N=C\c3ccc(-c4ccccc4[N+](=O)[O-])o3)N(CCc3ccccc3)C2=O)cc1. The molecule has 0 radical (unpaired) electrons. The van der Waals surface area contributed by atoms with Gasteiger partial charge in [-0.2, -0.15) is 5.10 Å². The van der Waals surface area contributed by atoms with Gasteiger partial charge < -0.3 is 14.5 Å². The lowest BCUT2D eigenvalue weighted by Crippen LogP contribution is -2.35. The number of benzene rings is 3. The summed E-state index contributed by atoms with van der Waals surface area (Å²) in [5.74, 6) is 0.831. The molecule has 5 rings (SSSR count). The summed E-state index contributed by atoms with van der Waals surface area (Å²) in [5, 5.41) is 22.4. The highest BCUT2D eigenvalue weighted by Gasteiger charge is 2.39. The summed E-state index contributed by atoms with van der Waals surface area (Å²) in [6.07, 6.45) is 1.93. The first-order chi connectivity index (χ1) is 21.4. The number of anilines is 1. The van der Waals surface area contributed by atoms with Crippen LogP contribution >= 0.6 is 11.8 Å². The van der Waals surface area contributed by atoms with E-state index < -0.39 is 10.2 Å². The predicted octanol–water partition coefficient (Wildman–Crippen LogP) is 6.16. The lowest BCUT2D eigenvalue weighted by molar-refractivity contribution is -0.384. The van der Waals surface area contributed by atoms with E-state index in [0.717, 1.165) is 5.56 Å². The van der Waals surface area contributed by atoms with Gasteiger partial charge in [-0.25, -0.2) is 0 Å². The van der Waals surface area contributed by atoms with Crippen molar-refractivity contribution in [2.24, 2.45) is 10.2 Å². The van der Waals surface area contributed by atoms with Gasteiger partial charge in [0.1, 0.15) is 22.5 Å². The van der Waals surface area contributed by atoms with Crippen LogP contribution < -0.4 is 10.1 Å². The molecule has 1 fully saturated rings. The molecule has 1 unspecified atom stereocenters. The zero-order chi connectivity index (χ0) is 30.9. The number of carbonyl (C=O) groups is 2. The second-order valence-corrected chi connectivity index (χ2v) is 10.8. The van der Waals surface area contributed by atoms with Crippen LogP contribution in [0.15, 0.2) is 106 Å². The molecule has 2 heterocycles. The van der Waals surface area contributed by atoms with E-state index in [9.17, 15) is 19.7 Å². The lowest BCUT2D eigenvalue weighted by atomic mass is 10.1. The van der Waals surface area contributed by atoms with Gasteiger partial charge in [0.15, 0.2) is 5.17 Å². The topological polar surface area (TPSA) is 140 Å². The van der Waals surface area contributed by atoms with Crippen molar-refractivity contribution in [2.45, 2.75) is 25.0 Å². The Hall–Kier alpha value is -5.23. The molecule has 1 aromatic heterocycles. The summed E-state index contributed by atoms with van der Waals surface area (Å²) in [6, 6.07) is 26.3. The van der Waals surface area contributed by atoms with Crippen molar-refractivity contribution >= 4 is 46.3 Å². The number of nitro benzene ring substituents is 1. The molecule has 0 bridgehead atoms. The highest BCUT2D eigenvalue weighted by atomic mass is 32.2. The fraction of sp³-hybridized carbons (Fsp3) is 0.188. The number of furan rings is 1. The maximum absolute atomic E-state index is 13.4. The molecule has 44 heavy (non-hydrogen) atoms. The number of nitro groups is 1. The van der Waals surface area contributed by atoms with Crippen LogP contribution in [0.5, 0.6) is 5.75 Å². The van der Waals surface area contributed by atoms with Crippen molar-refractivity contribution in [1.82, 2.24) is 4.90 Å². The van der Waals surface area contributed by atoms with Gasteiger partial charge in [-0.3, -0.25) is 24.6 Å². The Kier molecular flexibility index (Phi) is 9.82. The maximum atomic E-state index is 13.4. The lowest BCUT2D eigenvalue weighted by Gasteiger charge is -2.15. The molecule has 1 aliphatic rings. The Morgan fingerprint density at radius 1 is 1.07 bits per heavy atom. The van der Waals surface area contributed by atoms with Gasteiger partial charge in [-0.15, -0.1) is 5.10 Å². The van der Waals surface area contributed by atoms with Gasteiger partial charge in [0.05, 0.1) is 23.3 Å². The van der Waals surface area contributed by atoms with E-state index in [2.05, 4.69) is 15.5 Å². The van der Waals surface area contributed by atoms with Crippen LogP contribution in [0.1, 0.15) is 24.7 Å². The molecule has 1 aliphatic heterocycles. The second kappa shape index (κ2) is 14.3. The van der Waals surface area contributed by atoms with Crippen molar-refractivity contribution in [3.8, 4) is 17.1 Å². The molecule has 0 saturated carbocycles. The molecule has 12 heteroatoms. The average Bonchev–Trinajstić information content (AvgIpc) is 3.62. The second-order valence-electron chi connectivity index (χ2n) is 9.65. The number of hydrogen-bond acceptors (Lipinski definition) is 9. The number of ether oxygens (including phenoxy) is 1. The highest BCUT2D eigenvalue weighted by Crippen LogP contribution is 2.32. The molecule has 0 spiro atoms. The van der Waals surface area contributed by atoms with Gasteiger partial charge in [-0.05, 0) is 61.4 Å². The molecule has 1 N–H and O–H groups in total. The van der Waals surface area contributed by atoms with E-state index in [1.54, 1.807) is 59.5 Å². The summed E-state index contributed by atoms with van der Waals surface area (Å²) >= 11 is 1.18. The Balaban J connectivity index is 1.29. The molecule has 4 aromatic rings. The molecule has 0 aliphatic carbocycles. The molecule has 1 atom stereocenters. The van der Waals surface area contributed by atoms with Crippen LogP contribution in [-0.2, 0) is 16.0 Å². The molecule has 2 amide bonds. The molecular weight excluding hydrogens is 582 g/mol. The van der Waals surface area contributed by atoms with Gasteiger partial charge in [0.25, 0.3) is 5.69 Å². The Labute approximate surface area is 257 Å². The fourth-order valence-electron chi connectivity index (χ4n) is 4.53. The monoisotopic (exact) mass is 611 g/mol. The van der Waals surface area contributed by atoms with E-state index in [0.29, 0.717) is 53.3 Å². The third-order valence-corrected chi connectivity index (χ3v) is 7.79. The van der Waals surface area contributed by atoms with Crippen molar-refractivity contribution in [1.29, 1.82) is 0 Å². The summed E-state index contributed by atoms with van der Waals surface area (Å²) in [7, 11) is 0. The fourth-order valence-corrected chi connectivity index (χ4v) is 5.65. The van der Waals surface area contributed by atoms with E-state index in [1.807, 2.05) is 37.3 Å². The van der Waals surface area contributed by atoms with Gasteiger partial charge in [0.2, 0.25) is 11.8 Å². The van der Waals surface area contributed by atoms with E-state index in [1.165, 1.54) is 24.0 Å². The molecule has 224 valence electrons. The van der Waals surface area contributed by atoms with E-state index in [4.69, 9.17) is 9.15 Å². The minimum atomic E-state index is -0.670. The minimum Gasteiger partial charge on any atom is -0.494 e. The van der Waals surface area contributed by atoms with Crippen LogP contribution in [0.25, 0.3) is 11.3 Å². The number of hydrogen-bond donors (Lipinski definition) is 1. The molecule has 3 aromatic carbocycles. The Bertz CT molecular complexity index is 1690. The number of carbonyl (C=O) groups excluding carboxylic acids is 2.